The number of carbonyl (C=O) groups excluding carboxylic acids is 1. The number of likely N-dealkylation sites (tertiary alicyclic amines) is 1. The maximum absolute atomic E-state index is 12.8. The zero-order valence-electron chi connectivity index (χ0n) is 19.0. The molecule has 2 atom stereocenters. The molecular weight excluding hydrogens is 404 g/mol. The monoisotopic (exact) mass is 436 g/mol. The molecule has 0 saturated carbocycles. The fraction of sp³-hybridized carbons (Fsp3) is 0.360. The van der Waals surface area contributed by atoms with Crippen LogP contribution in [0, 0.1) is 6.92 Å². The average Bonchev–Trinajstić information content (AvgIpc) is 3.36. The van der Waals surface area contributed by atoms with Crippen molar-refractivity contribution < 1.29 is 13.9 Å². The van der Waals surface area contributed by atoms with Gasteiger partial charge in [-0.2, -0.15) is 0 Å². The van der Waals surface area contributed by atoms with Gasteiger partial charge in [-0.1, -0.05) is 61.2 Å². The number of nitrogens with zero attached hydrogens (tertiary/aromatic N) is 2. The van der Waals surface area contributed by atoms with E-state index in [1.807, 2.05) is 49.4 Å². The van der Waals surface area contributed by atoms with Gasteiger partial charge in [0.2, 0.25) is 11.8 Å². The van der Waals surface area contributed by atoms with Crippen LogP contribution in [-0.2, 0) is 4.74 Å². The van der Waals surface area contributed by atoms with Crippen molar-refractivity contribution in [1.29, 1.82) is 0 Å². The number of methoxy groups -OCH3 is 1. The number of rotatable bonds is 9. The summed E-state index contributed by atoms with van der Waals surface area (Å²) in [4.78, 5) is 19.5. The number of hydrogen-bond donors (Lipinski definition) is 2. The highest BCUT2D eigenvalue weighted by atomic mass is 16.5. The Morgan fingerprint density at radius 1 is 1.31 bits per heavy atom. The number of anilines is 1. The van der Waals surface area contributed by atoms with Gasteiger partial charge in [0.15, 0.2) is 0 Å². The molecule has 1 saturated heterocycles. The van der Waals surface area contributed by atoms with Gasteiger partial charge in [-0.25, -0.2) is 9.78 Å². The Bertz CT molecular complexity index is 965. The molecule has 32 heavy (non-hydrogen) atoms. The van der Waals surface area contributed by atoms with Crippen LogP contribution in [0.3, 0.4) is 0 Å². The summed E-state index contributed by atoms with van der Waals surface area (Å²) in [5, 5.41) is 5.93. The second-order valence-electron chi connectivity index (χ2n) is 7.82. The van der Waals surface area contributed by atoms with E-state index in [9.17, 15) is 4.79 Å². The Hall–Kier alpha value is -3.16. The highest BCUT2D eigenvalue weighted by Gasteiger charge is 2.34. The molecule has 1 aliphatic heterocycles. The van der Waals surface area contributed by atoms with Gasteiger partial charge in [-0.15, -0.1) is 0 Å². The normalized spacial score (nSPS) is 19.1. The van der Waals surface area contributed by atoms with E-state index in [4.69, 9.17) is 9.15 Å². The van der Waals surface area contributed by atoms with E-state index in [0.29, 0.717) is 29.6 Å². The van der Waals surface area contributed by atoms with Crippen LogP contribution < -0.4 is 10.6 Å². The van der Waals surface area contributed by atoms with Crippen molar-refractivity contribution >= 4 is 17.5 Å². The molecule has 1 aromatic carbocycles. The van der Waals surface area contributed by atoms with E-state index < -0.39 is 0 Å². The SMILES string of the molecule is C=C(C=CC=CC)c1nc(C)c(NC(=O)NC2CN(CCOC)CC2c2ccccc2)o1. The van der Waals surface area contributed by atoms with Crippen molar-refractivity contribution in [3.8, 4) is 0 Å². The molecule has 7 heteroatoms. The number of amides is 2. The number of ether oxygens (including phenoxy) is 1. The number of urea groups is 1. The first-order valence-corrected chi connectivity index (χ1v) is 10.8. The summed E-state index contributed by atoms with van der Waals surface area (Å²) in [7, 11) is 1.70. The first-order chi connectivity index (χ1) is 15.5. The van der Waals surface area contributed by atoms with Crippen LogP contribution in [0.1, 0.15) is 30.0 Å². The lowest BCUT2D eigenvalue weighted by Gasteiger charge is -2.20. The first kappa shape index (κ1) is 23.5. The van der Waals surface area contributed by atoms with Gasteiger partial charge in [0.25, 0.3) is 0 Å². The molecule has 170 valence electrons. The molecule has 0 radical (unpaired) electrons. The van der Waals surface area contributed by atoms with Crippen molar-refractivity contribution in [3.63, 3.8) is 0 Å². The Morgan fingerprint density at radius 2 is 2.09 bits per heavy atom. The van der Waals surface area contributed by atoms with E-state index in [-0.39, 0.29) is 18.0 Å². The lowest BCUT2D eigenvalue weighted by Crippen LogP contribution is -2.42. The fourth-order valence-corrected chi connectivity index (χ4v) is 3.78. The Morgan fingerprint density at radius 3 is 2.81 bits per heavy atom. The molecule has 2 N–H and O–H groups in total. The molecule has 1 aliphatic rings. The van der Waals surface area contributed by atoms with Crippen LogP contribution in [-0.4, -0.2) is 55.3 Å². The minimum atomic E-state index is -0.314. The van der Waals surface area contributed by atoms with E-state index in [0.717, 1.165) is 19.6 Å². The summed E-state index contributed by atoms with van der Waals surface area (Å²) in [6.45, 7) is 10.8. The number of allylic oxidation sites excluding steroid dienone is 5. The predicted molar refractivity (Wildman–Crippen MR) is 128 cm³/mol. The molecule has 0 spiro atoms. The lowest BCUT2D eigenvalue weighted by atomic mass is 9.94. The van der Waals surface area contributed by atoms with Crippen molar-refractivity contribution in [2.45, 2.75) is 25.8 Å². The summed E-state index contributed by atoms with van der Waals surface area (Å²) in [6, 6.07) is 9.93. The van der Waals surface area contributed by atoms with Crippen molar-refractivity contribution in [2.24, 2.45) is 0 Å². The number of carbonyl (C=O) groups is 1. The van der Waals surface area contributed by atoms with Crippen molar-refractivity contribution in [2.75, 3.05) is 38.7 Å². The third-order valence-corrected chi connectivity index (χ3v) is 5.45. The number of benzene rings is 1. The quantitative estimate of drug-likeness (QED) is 0.571. The number of nitrogens with one attached hydrogen (secondary N) is 2. The standard InChI is InChI=1S/C25H32N4O3/c1-5-6-8-11-18(2)23-26-19(3)24(32-23)28-25(30)27-22-17-29(14-15-31-4)16-21(22)20-12-9-7-10-13-20/h5-13,21-22H,2,14-17H2,1,3-4H3,(H2,27,28,30). The topological polar surface area (TPSA) is 79.6 Å². The van der Waals surface area contributed by atoms with Crippen LogP contribution in [0.25, 0.3) is 5.57 Å². The molecule has 2 unspecified atom stereocenters. The van der Waals surface area contributed by atoms with Gasteiger partial charge < -0.3 is 14.5 Å². The van der Waals surface area contributed by atoms with Crippen LogP contribution in [0.5, 0.6) is 0 Å². The first-order valence-electron chi connectivity index (χ1n) is 10.8. The zero-order chi connectivity index (χ0) is 22.9. The summed E-state index contributed by atoms with van der Waals surface area (Å²) in [5.74, 6) is 0.901. The summed E-state index contributed by atoms with van der Waals surface area (Å²) < 4.78 is 11.0. The van der Waals surface area contributed by atoms with Gasteiger partial charge in [0, 0.05) is 38.2 Å². The maximum Gasteiger partial charge on any atom is 0.321 e. The second-order valence-corrected chi connectivity index (χ2v) is 7.82. The molecule has 2 aromatic rings. The van der Waals surface area contributed by atoms with Crippen molar-refractivity contribution in [1.82, 2.24) is 15.2 Å². The fourth-order valence-electron chi connectivity index (χ4n) is 3.78. The van der Waals surface area contributed by atoms with Crippen LogP contribution >= 0.6 is 0 Å². The molecule has 0 bridgehead atoms. The molecular formula is C25H32N4O3. The molecule has 3 rings (SSSR count). The predicted octanol–water partition coefficient (Wildman–Crippen LogP) is 4.36. The maximum atomic E-state index is 12.8. The second kappa shape index (κ2) is 11.5. The molecule has 1 aromatic heterocycles. The highest BCUT2D eigenvalue weighted by Crippen LogP contribution is 2.28. The number of aromatic nitrogens is 1. The number of oxazole rings is 1. The molecule has 0 aliphatic carbocycles. The van der Waals surface area contributed by atoms with Gasteiger partial charge in [0.1, 0.15) is 5.69 Å². The summed E-state index contributed by atoms with van der Waals surface area (Å²) >= 11 is 0. The average molecular weight is 437 g/mol. The van der Waals surface area contributed by atoms with E-state index in [1.54, 1.807) is 14.0 Å². The number of hydrogen-bond acceptors (Lipinski definition) is 5. The molecule has 2 heterocycles. The molecule has 7 nitrogen and oxygen atoms in total. The van der Waals surface area contributed by atoms with E-state index in [1.165, 1.54) is 5.56 Å². The minimum Gasteiger partial charge on any atom is -0.420 e. The third-order valence-electron chi connectivity index (χ3n) is 5.45. The summed E-state index contributed by atoms with van der Waals surface area (Å²) in [6.07, 6.45) is 7.49. The van der Waals surface area contributed by atoms with E-state index >= 15 is 0 Å². The largest absolute Gasteiger partial charge is 0.420 e. The smallest absolute Gasteiger partial charge is 0.321 e. The van der Waals surface area contributed by atoms with Gasteiger partial charge in [0.05, 0.1) is 12.6 Å². The van der Waals surface area contributed by atoms with Crippen LogP contribution in [0.15, 0.2) is 65.6 Å². The van der Waals surface area contributed by atoms with Gasteiger partial charge >= 0.3 is 6.03 Å². The molecule has 2 amide bonds. The van der Waals surface area contributed by atoms with Crippen LogP contribution in [0.2, 0.25) is 0 Å². The minimum absolute atomic E-state index is 0.0318. The zero-order valence-corrected chi connectivity index (χ0v) is 19.0. The third kappa shape index (κ3) is 6.18. The molecule has 1 fully saturated rings. The lowest BCUT2D eigenvalue weighted by molar-refractivity contribution is 0.159. The van der Waals surface area contributed by atoms with Crippen molar-refractivity contribution in [3.05, 3.63) is 78.4 Å². The van der Waals surface area contributed by atoms with E-state index in [2.05, 4.69) is 39.2 Å². The van der Waals surface area contributed by atoms with Gasteiger partial charge in [-0.3, -0.25) is 10.2 Å². The summed E-state index contributed by atoms with van der Waals surface area (Å²) in [5.41, 5.74) is 2.44. The Labute approximate surface area is 189 Å². The van der Waals surface area contributed by atoms with Crippen LogP contribution in [0.4, 0.5) is 10.7 Å². The number of aryl methyl sites for hydroxylation is 1. The Kier molecular flexibility index (Phi) is 8.41. The highest BCUT2D eigenvalue weighted by molar-refractivity contribution is 5.88. The van der Waals surface area contributed by atoms with Gasteiger partial charge in [-0.05, 0) is 19.4 Å². The Balaban J connectivity index is 1.66.